The van der Waals surface area contributed by atoms with Gasteiger partial charge in [-0.3, -0.25) is 0 Å². The van der Waals surface area contributed by atoms with E-state index in [2.05, 4.69) is 30.1 Å². The molecule has 2 aliphatic rings. The second-order valence-corrected chi connectivity index (χ2v) is 6.25. The van der Waals surface area contributed by atoms with Gasteiger partial charge >= 0.3 is 0 Å². The van der Waals surface area contributed by atoms with Crippen LogP contribution in [0.25, 0.3) is 0 Å². The van der Waals surface area contributed by atoms with Gasteiger partial charge in [-0.2, -0.15) is 4.98 Å². The van der Waals surface area contributed by atoms with Crippen LogP contribution in [0.4, 0.5) is 22.0 Å². The Balaban J connectivity index is 1.38. The molecule has 1 N–H and O–H groups in total. The highest BCUT2D eigenvalue weighted by atomic mass is 19.1. The minimum absolute atomic E-state index is 0.242. The maximum Gasteiger partial charge on any atom is 0.224 e. The summed E-state index contributed by atoms with van der Waals surface area (Å²) >= 11 is 0. The molecule has 2 aromatic rings. The zero-order valence-electron chi connectivity index (χ0n) is 13.9. The molecule has 1 atom stereocenters. The van der Waals surface area contributed by atoms with Crippen molar-refractivity contribution in [3.05, 3.63) is 36.4 Å². The lowest BCUT2D eigenvalue weighted by molar-refractivity contribution is 0.122. The summed E-state index contributed by atoms with van der Waals surface area (Å²) in [4.78, 5) is 17.5. The van der Waals surface area contributed by atoms with Crippen molar-refractivity contribution < 1.29 is 9.13 Å². The van der Waals surface area contributed by atoms with Gasteiger partial charge in [0.2, 0.25) is 5.95 Å². The topological polar surface area (TPSA) is 66.4 Å². The van der Waals surface area contributed by atoms with E-state index < -0.39 is 0 Å². The van der Waals surface area contributed by atoms with Crippen LogP contribution in [0.1, 0.15) is 6.42 Å². The molecule has 2 saturated heterocycles. The number of hydrogen-bond acceptors (Lipinski definition) is 7. The average molecular weight is 344 g/mol. The van der Waals surface area contributed by atoms with Gasteiger partial charge in [-0.25, -0.2) is 14.4 Å². The first kappa shape index (κ1) is 16.0. The standard InChI is InChI=1S/C17H21FN6O/c18-13-1-2-15(20-11-13)24-6-4-14(12-24)21-17-19-5-3-16(22-17)23-7-9-25-10-8-23/h1-3,5,11,14H,4,6-10,12H2,(H,19,21,22). The van der Waals surface area contributed by atoms with E-state index >= 15 is 0 Å². The molecule has 0 bridgehead atoms. The third kappa shape index (κ3) is 3.79. The van der Waals surface area contributed by atoms with Crippen LogP contribution in [-0.2, 0) is 4.74 Å². The predicted octanol–water partition coefficient (Wildman–Crippen LogP) is 1.54. The van der Waals surface area contributed by atoms with Crippen LogP contribution >= 0.6 is 0 Å². The van der Waals surface area contributed by atoms with Gasteiger partial charge < -0.3 is 19.9 Å². The summed E-state index contributed by atoms with van der Waals surface area (Å²) in [5, 5.41) is 3.41. The summed E-state index contributed by atoms with van der Waals surface area (Å²) in [6.45, 7) is 4.83. The summed E-state index contributed by atoms with van der Waals surface area (Å²) in [6, 6.07) is 5.33. The van der Waals surface area contributed by atoms with Gasteiger partial charge in [0.05, 0.1) is 19.4 Å². The van der Waals surface area contributed by atoms with Gasteiger partial charge in [0.15, 0.2) is 0 Å². The van der Waals surface area contributed by atoms with Crippen LogP contribution < -0.4 is 15.1 Å². The number of nitrogens with zero attached hydrogens (tertiary/aromatic N) is 5. The van der Waals surface area contributed by atoms with Gasteiger partial charge in [0, 0.05) is 38.4 Å². The van der Waals surface area contributed by atoms with Crippen LogP contribution in [0.5, 0.6) is 0 Å². The third-order valence-corrected chi connectivity index (χ3v) is 4.53. The minimum atomic E-state index is -0.314. The number of halogens is 1. The van der Waals surface area contributed by atoms with E-state index in [-0.39, 0.29) is 11.9 Å². The molecule has 2 aromatic heterocycles. The first-order valence-corrected chi connectivity index (χ1v) is 8.57. The molecule has 8 heteroatoms. The first-order valence-electron chi connectivity index (χ1n) is 8.57. The number of aromatic nitrogens is 3. The van der Waals surface area contributed by atoms with Crippen LogP contribution in [0, 0.1) is 5.82 Å². The number of anilines is 3. The molecule has 0 spiro atoms. The zero-order chi connectivity index (χ0) is 17.1. The number of pyridine rings is 1. The maximum absolute atomic E-state index is 13.0. The fourth-order valence-electron chi connectivity index (χ4n) is 3.21. The Bertz CT molecular complexity index is 707. The number of ether oxygens (including phenoxy) is 1. The monoisotopic (exact) mass is 344 g/mol. The summed E-state index contributed by atoms with van der Waals surface area (Å²) in [7, 11) is 0. The molecule has 0 aromatic carbocycles. The molecule has 0 radical (unpaired) electrons. The Labute approximate surface area is 145 Å². The highest BCUT2D eigenvalue weighted by Gasteiger charge is 2.24. The molecule has 0 amide bonds. The minimum Gasteiger partial charge on any atom is -0.378 e. The lowest BCUT2D eigenvalue weighted by atomic mass is 10.3. The lowest BCUT2D eigenvalue weighted by Gasteiger charge is -2.28. The largest absolute Gasteiger partial charge is 0.378 e. The van der Waals surface area contributed by atoms with Crippen molar-refractivity contribution in [1.29, 1.82) is 0 Å². The van der Waals surface area contributed by atoms with E-state index in [1.807, 2.05) is 6.07 Å². The predicted molar refractivity (Wildman–Crippen MR) is 93.5 cm³/mol. The molecule has 0 aliphatic carbocycles. The van der Waals surface area contributed by atoms with Crippen LogP contribution in [0.15, 0.2) is 30.6 Å². The number of morpholine rings is 1. The van der Waals surface area contributed by atoms with Gasteiger partial charge in [0.25, 0.3) is 0 Å². The SMILES string of the molecule is Fc1ccc(N2CCC(Nc3nccc(N4CCOCC4)n3)C2)nc1. The number of nitrogens with one attached hydrogen (secondary N) is 1. The van der Waals surface area contributed by atoms with Gasteiger partial charge in [0.1, 0.15) is 17.5 Å². The lowest BCUT2D eigenvalue weighted by Crippen LogP contribution is -2.37. The zero-order valence-corrected chi connectivity index (χ0v) is 13.9. The van der Waals surface area contributed by atoms with E-state index in [1.165, 1.54) is 12.3 Å². The summed E-state index contributed by atoms with van der Waals surface area (Å²) in [6.07, 6.45) is 4.00. The van der Waals surface area contributed by atoms with E-state index in [1.54, 1.807) is 12.3 Å². The fourth-order valence-corrected chi connectivity index (χ4v) is 3.21. The molecule has 0 saturated carbocycles. The Kier molecular flexibility index (Phi) is 4.60. The van der Waals surface area contributed by atoms with E-state index in [9.17, 15) is 4.39 Å². The molecular formula is C17H21FN6O. The molecule has 4 rings (SSSR count). The normalized spacial score (nSPS) is 20.8. The highest BCUT2D eigenvalue weighted by molar-refractivity contribution is 5.45. The second kappa shape index (κ2) is 7.18. The van der Waals surface area contributed by atoms with Crippen molar-refractivity contribution in [3.8, 4) is 0 Å². The molecule has 4 heterocycles. The molecular weight excluding hydrogens is 323 g/mol. The Hall–Kier alpha value is -2.48. The van der Waals surface area contributed by atoms with Crippen molar-refractivity contribution in [2.24, 2.45) is 0 Å². The Morgan fingerprint density at radius 3 is 2.72 bits per heavy atom. The van der Waals surface area contributed by atoms with Crippen LogP contribution in [0.2, 0.25) is 0 Å². The fraction of sp³-hybridized carbons (Fsp3) is 0.471. The van der Waals surface area contributed by atoms with Crippen molar-refractivity contribution in [3.63, 3.8) is 0 Å². The molecule has 2 aliphatic heterocycles. The first-order chi connectivity index (χ1) is 12.3. The summed E-state index contributed by atoms with van der Waals surface area (Å²) < 4.78 is 18.4. The van der Waals surface area contributed by atoms with Gasteiger partial charge in [-0.05, 0) is 24.6 Å². The van der Waals surface area contributed by atoms with Crippen molar-refractivity contribution in [1.82, 2.24) is 15.0 Å². The quantitative estimate of drug-likeness (QED) is 0.902. The van der Waals surface area contributed by atoms with Gasteiger partial charge in [-0.1, -0.05) is 0 Å². The van der Waals surface area contributed by atoms with Gasteiger partial charge in [-0.15, -0.1) is 0 Å². The molecule has 2 fully saturated rings. The Morgan fingerprint density at radius 1 is 1.04 bits per heavy atom. The van der Waals surface area contributed by atoms with Crippen molar-refractivity contribution in [2.75, 3.05) is 54.5 Å². The average Bonchev–Trinajstić information content (AvgIpc) is 3.12. The van der Waals surface area contributed by atoms with Crippen LogP contribution in [0.3, 0.4) is 0 Å². The second-order valence-electron chi connectivity index (χ2n) is 6.25. The Morgan fingerprint density at radius 2 is 1.92 bits per heavy atom. The van der Waals surface area contributed by atoms with E-state index in [4.69, 9.17) is 4.74 Å². The summed E-state index contributed by atoms with van der Waals surface area (Å²) in [5.74, 6) is 2.05. The number of rotatable bonds is 4. The van der Waals surface area contributed by atoms with Crippen molar-refractivity contribution >= 4 is 17.6 Å². The number of hydrogen-bond donors (Lipinski definition) is 1. The smallest absolute Gasteiger partial charge is 0.224 e. The molecule has 25 heavy (non-hydrogen) atoms. The van der Waals surface area contributed by atoms with Crippen molar-refractivity contribution in [2.45, 2.75) is 12.5 Å². The third-order valence-electron chi connectivity index (χ3n) is 4.53. The maximum atomic E-state index is 13.0. The van der Waals surface area contributed by atoms with E-state index in [0.29, 0.717) is 5.95 Å². The molecule has 7 nitrogen and oxygen atoms in total. The molecule has 132 valence electrons. The highest BCUT2D eigenvalue weighted by Crippen LogP contribution is 2.21. The molecule has 1 unspecified atom stereocenters. The van der Waals surface area contributed by atoms with E-state index in [0.717, 1.165) is 57.4 Å². The van der Waals surface area contributed by atoms with Crippen LogP contribution in [-0.4, -0.2) is 60.4 Å². The summed E-state index contributed by atoms with van der Waals surface area (Å²) in [5.41, 5.74) is 0.